The lowest BCUT2D eigenvalue weighted by Crippen LogP contribution is -2.11. The Morgan fingerprint density at radius 2 is 1.94 bits per heavy atom. The Morgan fingerprint density at radius 3 is 2.69 bits per heavy atom. The molecule has 0 bridgehead atoms. The van der Waals surface area contributed by atoms with Gasteiger partial charge >= 0.3 is 0 Å². The first-order valence-corrected chi connectivity index (χ1v) is 12.5. The van der Waals surface area contributed by atoms with Crippen LogP contribution in [0.5, 0.6) is 0 Å². The van der Waals surface area contributed by atoms with Gasteiger partial charge in [0.25, 0.3) is 0 Å². The Morgan fingerprint density at radius 1 is 1.11 bits per heavy atom. The van der Waals surface area contributed by atoms with Crippen molar-refractivity contribution in [3.8, 4) is 11.1 Å². The van der Waals surface area contributed by atoms with Crippen LogP contribution in [0, 0.1) is 20.8 Å². The number of rotatable bonds is 5. The molecular formula is C32H32N4. The molecule has 1 aliphatic rings. The molecule has 0 atom stereocenters. The van der Waals surface area contributed by atoms with Crippen molar-refractivity contribution >= 4 is 34.6 Å². The van der Waals surface area contributed by atoms with Crippen LogP contribution in [-0.2, 0) is 13.0 Å². The number of pyridine rings is 2. The van der Waals surface area contributed by atoms with E-state index in [1.807, 2.05) is 37.4 Å². The highest BCUT2D eigenvalue weighted by Crippen LogP contribution is 2.46. The molecule has 0 saturated heterocycles. The van der Waals surface area contributed by atoms with Crippen molar-refractivity contribution in [2.24, 2.45) is 4.99 Å². The second kappa shape index (κ2) is 9.54. The molecular weight excluding hydrogens is 440 g/mol. The van der Waals surface area contributed by atoms with Crippen molar-refractivity contribution in [2.75, 3.05) is 0 Å². The van der Waals surface area contributed by atoms with E-state index in [1.165, 1.54) is 50.0 Å². The maximum atomic E-state index is 4.76. The average molecular weight is 473 g/mol. The topological polar surface area (TPSA) is 43.1 Å². The van der Waals surface area contributed by atoms with Gasteiger partial charge in [0.1, 0.15) is 0 Å². The molecule has 0 amide bonds. The molecule has 3 heterocycles. The minimum Gasteiger partial charge on any atom is -0.336 e. The van der Waals surface area contributed by atoms with Gasteiger partial charge in [-0.15, -0.1) is 0 Å². The van der Waals surface area contributed by atoms with Crippen LogP contribution in [-0.4, -0.2) is 20.7 Å². The number of aromatic nitrogens is 3. The monoisotopic (exact) mass is 472 g/mol. The molecule has 0 aliphatic heterocycles. The Hall–Kier alpha value is -4.05. The molecule has 4 heteroatoms. The number of aliphatic imine (C=N–C) groups is 1. The maximum absolute atomic E-state index is 4.76. The smallest absolute Gasteiger partial charge is 0.152 e. The van der Waals surface area contributed by atoms with Gasteiger partial charge in [-0.3, -0.25) is 4.98 Å². The summed E-state index contributed by atoms with van der Waals surface area (Å²) in [6.45, 7) is 15.8. The van der Waals surface area contributed by atoms with Crippen LogP contribution in [0.4, 0.5) is 5.82 Å². The fourth-order valence-electron chi connectivity index (χ4n) is 5.38. The highest BCUT2D eigenvalue weighted by Gasteiger charge is 2.29. The first-order chi connectivity index (χ1) is 17.4. The molecule has 0 N–H and O–H groups in total. The SMILES string of the molecule is C=C1Cc2ncccc2-c2c1n(Cc1ccc(N=C/C=C\C)nc1C)c1cc(C)c(/C=C\C)c(C)c21. The molecule has 3 aromatic heterocycles. The van der Waals surface area contributed by atoms with Gasteiger partial charge in [-0.1, -0.05) is 36.9 Å². The van der Waals surface area contributed by atoms with E-state index < -0.39 is 0 Å². The number of allylic oxidation sites excluding steroid dienone is 4. The lowest BCUT2D eigenvalue weighted by Gasteiger charge is -2.21. The van der Waals surface area contributed by atoms with Gasteiger partial charge in [0.2, 0.25) is 0 Å². The zero-order valence-corrected chi connectivity index (χ0v) is 21.8. The van der Waals surface area contributed by atoms with Crippen LogP contribution in [0.15, 0.2) is 66.3 Å². The van der Waals surface area contributed by atoms with Crippen molar-refractivity contribution in [3.05, 3.63) is 101 Å². The summed E-state index contributed by atoms with van der Waals surface area (Å²) >= 11 is 0. The fourth-order valence-corrected chi connectivity index (χ4v) is 5.38. The summed E-state index contributed by atoms with van der Waals surface area (Å²) in [7, 11) is 0. The predicted molar refractivity (Wildman–Crippen MR) is 153 cm³/mol. The van der Waals surface area contributed by atoms with E-state index in [-0.39, 0.29) is 0 Å². The van der Waals surface area contributed by atoms with E-state index in [0.29, 0.717) is 0 Å². The maximum Gasteiger partial charge on any atom is 0.152 e. The third kappa shape index (κ3) is 3.93. The van der Waals surface area contributed by atoms with E-state index in [0.717, 1.165) is 35.7 Å². The first-order valence-electron chi connectivity index (χ1n) is 12.5. The molecule has 4 nitrogen and oxygen atoms in total. The van der Waals surface area contributed by atoms with Gasteiger partial charge in [-0.2, -0.15) is 0 Å². The normalized spacial score (nSPS) is 13.4. The molecule has 0 radical (unpaired) electrons. The van der Waals surface area contributed by atoms with Gasteiger partial charge in [0.15, 0.2) is 5.82 Å². The molecule has 4 aromatic rings. The minimum absolute atomic E-state index is 0.722. The molecule has 0 fully saturated rings. The lowest BCUT2D eigenvalue weighted by molar-refractivity contribution is 0.805. The molecule has 0 saturated carbocycles. The van der Waals surface area contributed by atoms with E-state index in [1.54, 1.807) is 6.21 Å². The summed E-state index contributed by atoms with van der Waals surface area (Å²) < 4.78 is 2.44. The molecule has 180 valence electrons. The van der Waals surface area contributed by atoms with Crippen LogP contribution in [0.25, 0.3) is 33.7 Å². The number of benzene rings is 1. The quantitative estimate of drug-likeness (QED) is 0.277. The summed E-state index contributed by atoms with van der Waals surface area (Å²) in [5, 5.41) is 1.29. The number of fused-ring (bicyclic) bond motifs is 5. The highest BCUT2D eigenvalue weighted by molar-refractivity contribution is 6.07. The number of hydrogen-bond donors (Lipinski definition) is 0. The van der Waals surface area contributed by atoms with Gasteiger partial charge < -0.3 is 4.57 Å². The second-order valence-electron chi connectivity index (χ2n) is 9.43. The summed E-state index contributed by atoms with van der Waals surface area (Å²) in [4.78, 5) is 13.9. The standard InChI is InChI=1S/C32H32N4/c1-7-9-15-34-29-14-13-24(23(6)35-29)19-36-28-18-20(3)25(11-8-2)22(5)30(28)31-26-12-10-16-33-27(26)17-21(4)32(31)36/h7-16,18H,4,17,19H2,1-3,5-6H3/b9-7-,11-8-,34-15?. The van der Waals surface area contributed by atoms with Gasteiger partial charge in [-0.05, 0) is 86.7 Å². The zero-order chi connectivity index (χ0) is 25.4. The number of aryl methyl sites for hydroxylation is 3. The molecule has 36 heavy (non-hydrogen) atoms. The Labute approximate surface area is 213 Å². The summed E-state index contributed by atoms with van der Waals surface area (Å²) in [5.41, 5.74) is 13.1. The predicted octanol–water partition coefficient (Wildman–Crippen LogP) is 7.95. The van der Waals surface area contributed by atoms with Gasteiger partial charge in [0.05, 0.1) is 16.9 Å². The third-order valence-electron chi connectivity index (χ3n) is 7.06. The fraction of sp³-hybridized carbons (Fsp3) is 0.219. The Kier molecular flexibility index (Phi) is 6.27. The third-order valence-corrected chi connectivity index (χ3v) is 7.06. The van der Waals surface area contributed by atoms with E-state index in [4.69, 9.17) is 9.97 Å². The Bertz CT molecular complexity index is 1590. The van der Waals surface area contributed by atoms with Crippen LogP contribution < -0.4 is 0 Å². The molecule has 1 aromatic carbocycles. The summed E-state index contributed by atoms with van der Waals surface area (Å²) in [6.07, 6.45) is 12.6. The lowest BCUT2D eigenvalue weighted by atomic mass is 9.86. The second-order valence-corrected chi connectivity index (χ2v) is 9.43. The van der Waals surface area contributed by atoms with Crippen LogP contribution in [0.3, 0.4) is 0 Å². The van der Waals surface area contributed by atoms with Crippen LogP contribution in [0.1, 0.15) is 53.2 Å². The summed E-state index contributed by atoms with van der Waals surface area (Å²) in [5.74, 6) is 0.723. The van der Waals surface area contributed by atoms with Crippen molar-refractivity contribution < 1.29 is 0 Å². The van der Waals surface area contributed by atoms with Crippen molar-refractivity contribution in [3.63, 3.8) is 0 Å². The average Bonchev–Trinajstić information content (AvgIpc) is 3.18. The minimum atomic E-state index is 0.722. The highest BCUT2D eigenvalue weighted by atomic mass is 15.0. The molecule has 5 rings (SSSR count). The van der Waals surface area contributed by atoms with Crippen LogP contribution in [0.2, 0.25) is 0 Å². The largest absolute Gasteiger partial charge is 0.336 e. The molecule has 1 aliphatic carbocycles. The van der Waals surface area contributed by atoms with Crippen molar-refractivity contribution in [2.45, 2.75) is 47.6 Å². The van der Waals surface area contributed by atoms with Crippen LogP contribution >= 0.6 is 0 Å². The molecule has 0 spiro atoms. The van der Waals surface area contributed by atoms with Crippen molar-refractivity contribution in [1.29, 1.82) is 0 Å². The zero-order valence-electron chi connectivity index (χ0n) is 21.8. The number of hydrogen-bond acceptors (Lipinski definition) is 3. The summed E-state index contributed by atoms with van der Waals surface area (Å²) in [6, 6.07) is 10.7. The van der Waals surface area contributed by atoms with E-state index >= 15 is 0 Å². The van der Waals surface area contributed by atoms with Crippen molar-refractivity contribution in [1.82, 2.24) is 14.5 Å². The van der Waals surface area contributed by atoms with Gasteiger partial charge in [-0.25, -0.2) is 9.98 Å². The molecule has 0 unspecified atom stereocenters. The van der Waals surface area contributed by atoms with E-state index in [2.05, 4.69) is 74.2 Å². The Balaban J connectivity index is 1.76. The van der Waals surface area contributed by atoms with Gasteiger partial charge in [0, 0.05) is 47.6 Å². The number of nitrogens with zero attached hydrogens (tertiary/aromatic N) is 4. The first kappa shape index (κ1) is 23.7. The van der Waals surface area contributed by atoms with E-state index in [9.17, 15) is 0 Å².